The molecule has 0 unspecified atom stereocenters. The number of aromatic nitrogens is 1. The van der Waals surface area contributed by atoms with Crippen molar-refractivity contribution >= 4 is 65.6 Å². The van der Waals surface area contributed by atoms with Gasteiger partial charge in [-0.3, -0.25) is 9.10 Å². The van der Waals surface area contributed by atoms with Crippen molar-refractivity contribution in [3.63, 3.8) is 0 Å². The minimum absolute atomic E-state index is 0.0129. The number of methoxy groups -OCH3 is 1. The van der Waals surface area contributed by atoms with E-state index in [1.807, 2.05) is 42.1 Å². The molecule has 0 saturated heterocycles. The van der Waals surface area contributed by atoms with Gasteiger partial charge >= 0.3 is 5.97 Å². The third-order valence-corrected chi connectivity index (χ3v) is 9.61. The van der Waals surface area contributed by atoms with Crippen LogP contribution in [0.15, 0.2) is 69.5 Å². The number of thiophene rings is 1. The average molecular weight is 561 g/mol. The number of ether oxygens (including phenoxy) is 1. The van der Waals surface area contributed by atoms with Crippen LogP contribution in [0.25, 0.3) is 10.9 Å². The SMILES string of the molecule is COC(=O)c1ccc(N(C)S(=O)(=O)c2cc(C(=O)Cc3ccc4c(ccn4C)c3)sc2Br)cc1. The largest absolute Gasteiger partial charge is 0.465 e. The molecule has 7 nitrogen and oxygen atoms in total. The summed E-state index contributed by atoms with van der Waals surface area (Å²) >= 11 is 4.41. The first-order chi connectivity index (χ1) is 16.1. The molecule has 0 aliphatic heterocycles. The average Bonchev–Trinajstić information content (AvgIpc) is 3.41. The second-order valence-corrected chi connectivity index (χ2v) is 12.0. The smallest absolute Gasteiger partial charge is 0.337 e. The van der Waals surface area contributed by atoms with Gasteiger partial charge in [-0.1, -0.05) is 6.07 Å². The molecule has 4 aromatic rings. The molecule has 2 heterocycles. The van der Waals surface area contributed by atoms with Gasteiger partial charge in [0.05, 0.1) is 27.0 Å². The highest BCUT2D eigenvalue weighted by atomic mass is 79.9. The number of sulfonamides is 1. The molecule has 0 amide bonds. The van der Waals surface area contributed by atoms with E-state index < -0.39 is 16.0 Å². The Kier molecular flexibility index (Phi) is 6.66. The van der Waals surface area contributed by atoms with E-state index in [0.29, 0.717) is 19.9 Å². The van der Waals surface area contributed by atoms with E-state index in [1.54, 1.807) is 0 Å². The molecule has 0 spiro atoms. The Morgan fingerprint density at radius 3 is 2.47 bits per heavy atom. The molecule has 2 aromatic carbocycles. The van der Waals surface area contributed by atoms with Crippen molar-refractivity contribution in [2.75, 3.05) is 18.5 Å². The van der Waals surface area contributed by atoms with E-state index in [0.717, 1.165) is 32.1 Å². The molecule has 0 saturated carbocycles. The van der Waals surface area contributed by atoms with Crippen LogP contribution in [0, 0.1) is 0 Å². The van der Waals surface area contributed by atoms with E-state index in [4.69, 9.17) is 0 Å². The van der Waals surface area contributed by atoms with Crippen molar-refractivity contribution in [3.8, 4) is 0 Å². The first kappa shape index (κ1) is 24.2. The predicted octanol–water partition coefficient (Wildman–Crippen LogP) is 5.04. The van der Waals surface area contributed by atoms with Crippen LogP contribution in [0.2, 0.25) is 0 Å². The summed E-state index contributed by atoms with van der Waals surface area (Å²) in [6, 6.07) is 15.3. The van der Waals surface area contributed by atoms with Gasteiger partial charge in [0, 0.05) is 32.2 Å². The number of carbonyl (C=O) groups excluding carboxylic acids is 2. The molecule has 10 heteroatoms. The Bertz CT molecular complexity index is 1500. The number of aryl methyl sites for hydroxylation is 1. The van der Waals surface area contributed by atoms with Crippen molar-refractivity contribution < 1.29 is 22.7 Å². The summed E-state index contributed by atoms with van der Waals surface area (Å²) in [5.41, 5.74) is 2.62. The van der Waals surface area contributed by atoms with Gasteiger partial charge in [-0.05, 0) is 75.4 Å². The maximum Gasteiger partial charge on any atom is 0.337 e. The number of ketones is 1. The number of Topliss-reactive ketones (excluding diaryl/α,β-unsaturated/α-hetero) is 1. The zero-order chi connectivity index (χ0) is 24.6. The van der Waals surface area contributed by atoms with Crippen LogP contribution in [-0.4, -0.2) is 38.9 Å². The Hall–Kier alpha value is -2.95. The fourth-order valence-corrected chi connectivity index (χ4v) is 7.24. The second kappa shape index (κ2) is 9.36. The van der Waals surface area contributed by atoms with Gasteiger partial charge in [-0.15, -0.1) is 11.3 Å². The molecule has 4 rings (SSSR count). The predicted molar refractivity (Wildman–Crippen MR) is 136 cm³/mol. The minimum Gasteiger partial charge on any atom is -0.465 e. The monoisotopic (exact) mass is 560 g/mol. The first-order valence-electron chi connectivity index (χ1n) is 10.2. The van der Waals surface area contributed by atoms with Crippen LogP contribution < -0.4 is 4.31 Å². The summed E-state index contributed by atoms with van der Waals surface area (Å²) in [6.07, 6.45) is 2.13. The lowest BCUT2D eigenvalue weighted by Gasteiger charge is -2.19. The molecule has 34 heavy (non-hydrogen) atoms. The summed E-state index contributed by atoms with van der Waals surface area (Å²) < 4.78 is 34.7. The molecular weight excluding hydrogens is 540 g/mol. The number of fused-ring (bicyclic) bond motifs is 1. The molecule has 2 aromatic heterocycles. The van der Waals surface area contributed by atoms with Crippen LogP contribution in [0.1, 0.15) is 25.6 Å². The number of hydrogen-bond acceptors (Lipinski definition) is 6. The highest BCUT2D eigenvalue weighted by Gasteiger charge is 2.28. The fraction of sp³-hybridized carbons (Fsp3) is 0.167. The summed E-state index contributed by atoms with van der Waals surface area (Å²) in [5, 5.41) is 1.04. The normalized spacial score (nSPS) is 11.5. The van der Waals surface area contributed by atoms with E-state index in [-0.39, 0.29) is 17.1 Å². The quantitative estimate of drug-likeness (QED) is 0.233. The van der Waals surface area contributed by atoms with Crippen LogP contribution >= 0.6 is 27.3 Å². The topological polar surface area (TPSA) is 85.7 Å². The van der Waals surface area contributed by atoms with Gasteiger partial charge in [0.25, 0.3) is 10.0 Å². The summed E-state index contributed by atoms with van der Waals surface area (Å²) in [4.78, 5) is 24.9. The maximum absolute atomic E-state index is 13.3. The van der Waals surface area contributed by atoms with Gasteiger partial charge in [0.2, 0.25) is 0 Å². The lowest BCUT2D eigenvalue weighted by atomic mass is 10.1. The van der Waals surface area contributed by atoms with Crippen molar-refractivity contribution in [2.24, 2.45) is 7.05 Å². The van der Waals surface area contributed by atoms with Crippen molar-refractivity contribution in [1.29, 1.82) is 0 Å². The number of carbonyl (C=O) groups is 2. The Labute approximate surface area is 209 Å². The van der Waals surface area contributed by atoms with Gasteiger partial charge in [0.15, 0.2) is 5.78 Å². The van der Waals surface area contributed by atoms with Crippen molar-refractivity contribution in [2.45, 2.75) is 11.3 Å². The van der Waals surface area contributed by atoms with Gasteiger partial charge < -0.3 is 9.30 Å². The number of rotatable bonds is 7. The molecule has 0 aliphatic carbocycles. The molecular formula is C24H21BrN2O5S2. The summed E-state index contributed by atoms with van der Waals surface area (Å²) in [7, 11) is 0.711. The lowest BCUT2D eigenvalue weighted by molar-refractivity contribution is 0.0600. The third kappa shape index (κ3) is 4.53. The number of benzene rings is 2. The number of hydrogen-bond donors (Lipinski definition) is 0. The van der Waals surface area contributed by atoms with Crippen molar-refractivity contribution in [3.05, 3.63) is 80.6 Å². The molecule has 0 aliphatic rings. The number of esters is 1. The molecule has 0 fully saturated rings. The van der Waals surface area contributed by atoms with Gasteiger partial charge in [-0.2, -0.15) is 0 Å². The van der Waals surface area contributed by atoms with Crippen LogP contribution in [0.4, 0.5) is 5.69 Å². The van der Waals surface area contributed by atoms with E-state index >= 15 is 0 Å². The number of halogens is 1. The third-order valence-electron chi connectivity index (χ3n) is 5.54. The molecule has 0 bridgehead atoms. The number of anilines is 1. The number of nitrogens with zero attached hydrogens (tertiary/aromatic N) is 2. The summed E-state index contributed by atoms with van der Waals surface area (Å²) in [6.45, 7) is 0. The van der Waals surface area contributed by atoms with E-state index in [2.05, 4.69) is 20.7 Å². The molecule has 0 atom stereocenters. The molecule has 0 radical (unpaired) electrons. The molecule has 176 valence electrons. The maximum atomic E-state index is 13.3. The zero-order valence-corrected chi connectivity index (χ0v) is 21.8. The van der Waals surface area contributed by atoms with E-state index in [9.17, 15) is 18.0 Å². The second-order valence-electron chi connectivity index (χ2n) is 7.68. The van der Waals surface area contributed by atoms with Crippen LogP contribution in [0.3, 0.4) is 0 Å². The van der Waals surface area contributed by atoms with E-state index in [1.165, 1.54) is 44.5 Å². The van der Waals surface area contributed by atoms with Gasteiger partial charge in [0.1, 0.15) is 4.90 Å². The standard InChI is InChI=1S/C24H21BrN2O5S2/c1-26-11-10-17-12-15(4-9-19(17)26)13-20(28)21-14-22(23(25)33-21)34(30,31)27(2)18-7-5-16(6-8-18)24(29)32-3/h4-12,14H,13H2,1-3H3. The fourth-order valence-electron chi connectivity index (χ4n) is 3.59. The van der Waals surface area contributed by atoms with Crippen LogP contribution in [-0.2, 0) is 28.2 Å². The Balaban J connectivity index is 1.56. The van der Waals surface area contributed by atoms with Crippen molar-refractivity contribution in [1.82, 2.24) is 4.57 Å². The first-order valence-corrected chi connectivity index (χ1v) is 13.2. The Morgan fingerprint density at radius 1 is 1.09 bits per heavy atom. The van der Waals surface area contributed by atoms with Crippen LogP contribution in [0.5, 0.6) is 0 Å². The van der Waals surface area contributed by atoms with Gasteiger partial charge in [-0.25, -0.2) is 13.2 Å². The highest BCUT2D eigenvalue weighted by molar-refractivity contribution is 9.11. The Morgan fingerprint density at radius 2 is 1.79 bits per heavy atom. The zero-order valence-electron chi connectivity index (χ0n) is 18.6. The minimum atomic E-state index is -3.95. The summed E-state index contributed by atoms with van der Waals surface area (Å²) in [5.74, 6) is -0.667. The lowest BCUT2D eigenvalue weighted by Crippen LogP contribution is -2.26. The molecule has 0 N–H and O–H groups in total. The highest BCUT2D eigenvalue weighted by Crippen LogP contribution is 2.35.